The van der Waals surface area contributed by atoms with Crippen LogP contribution in [0.4, 0.5) is 0 Å². The van der Waals surface area contributed by atoms with E-state index >= 15 is 0 Å². The molecule has 7 nitrogen and oxygen atoms in total. The Labute approximate surface area is 168 Å². The smallest absolute Gasteiger partial charge is 0.224 e. The van der Waals surface area contributed by atoms with Crippen LogP contribution < -0.4 is 5.32 Å². The van der Waals surface area contributed by atoms with Gasteiger partial charge in [0.2, 0.25) is 11.7 Å². The fourth-order valence-corrected chi connectivity index (χ4v) is 3.38. The molecule has 2 N–H and O–H groups in total. The van der Waals surface area contributed by atoms with Gasteiger partial charge in [-0.3, -0.25) is 4.79 Å². The van der Waals surface area contributed by atoms with E-state index in [-0.39, 0.29) is 18.7 Å². The molecule has 152 valence electrons. The Hall–Kier alpha value is -0.930. The minimum Gasteiger partial charge on any atom is -0.385 e. The number of benzene rings is 1. The van der Waals surface area contributed by atoms with Crippen molar-refractivity contribution in [3.63, 3.8) is 0 Å². The molecule has 1 fully saturated rings. The molecule has 0 spiro atoms. The fraction of sp³-hybridized carbons (Fsp3) is 0.611. The number of aliphatic hydroxyl groups excluding tert-OH is 1. The molecule has 0 aliphatic carbocycles. The van der Waals surface area contributed by atoms with Gasteiger partial charge in [-0.15, -0.1) is 0 Å². The van der Waals surface area contributed by atoms with Gasteiger partial charge in [0.05, 0.1) is 29.0 Å². The minimum absolute atomic E-state index is 0.172. The molecule has 1 amide bonds. The maximum atomic E-state index is 12.1. The van der Waals surface area contributed by atoms with E-state index in [0.29, 0.717) is 23.0 Å². The highest BCUT2D eigenvalue weighted by Gasteiger charge is 2.50. The van der Waals surface area contributed by atoms with Crippen molar-refractivity contribution < 1.29 is 28.8 Å². The molecule has 1 aromatic carbocycles. The lowest BCUT2D eigenvalue weighted by Crippen LogP contribution is -2.60. The highest BCUT2D eigenvalue weighted by Crippen LogP contribution is 2.34. The van der Waals surface area contributed by atoms with Crippen LogP contribution in [-0.4, -0.2) is 63.2 Å². The quantitative estimate of drug-likeness (QED) is 0.625. The third kappa shape index (κ3) is 5.54. The molecule has 0 bridgehead atoms. The number of carbonyl (C=O) groups is 1. The molecule has 27 heavy (non-hydrogen) atoms. The average Bonchev–Trinajstić information content (AvgIpc) is 2.66. The van der Waals surface area contributed by atoms with Crippen molar-refractivity contribution in [1.29, 1.82) is 0 Å². The van der Waals surface area contributed by atoms with E-state index < -0.39 is 24.3 Å². The molecule has 0 saturated carbocycles. The zero-order valence-electron chi connectivity index (χ0n) is 15.5. The summed E-state index contributed by atoms with van der Waals surface area (Å²) in [4.78, 5) is 12.1. The van der Waals surface area contributed by atoms with Crippen LogP contribution in [0.2, 0.25) is 10.0 Å². The zero-order valence-corrected chi connectivity index (χ0v) is 17.0. The van der Waals surface area contributed by atoms with Gasteiger partial charge in [0, 0.05) is 27.9 Å². The predicted octanol–water partition coefficient (Wildman–Crippen LogP) is 2.15. The Balaban J connectivity index is 1.88. The molecular formula is C18H25Cl2NO6. The molecule has 0 unspecified atom stereocenters. The molecule has 1 aliphatic rings. The van der Waals surface area contributed by atoms with E-state index in [2.05, 4.69) is 5.32 Å². The third-order valence-corrected chi connectivity index (χ3v) is 5.37. The van der Waals surface area contributed by atoms with Crippen LogP contribution >= 0.6 is 23.2 Å². The number of hydrogen-bond acceptors (Lipinski definition) is 6. The lowest BCUT2D eigenvalue weighted by molar-refractivity contribution is -0.352. The number of hydrogen-bond donors (Lipinski definition) is 2. The molecule has 1 saturated heterocycles. The van der Waals surface area contributed by atoms with E-state index in [1.54, 1.807) is 18.2 Å². The third-order valence-electron chi connectivity index (χ3n) is 4.63. The van der Waals surface area contributed by atoms with E-state index in [1.807, 2.05) is 0 Å². The number of methoxy groups -OCH3 is 3. The summed E-state index contributed by atoms with van der Waals surface area (Å²) in [5, 5.41) is 14.2. The summed E-state index contributed by atoms with van der Waals surface area (Å²) in [5.41, 5.74) is 0.757. The molecule has 3 atom stereocenters. The van der Waals surface area contributed by atoms with Crippen LogP contribution in [0.25, 0.3) is 0 Å². The Morgan fingerprint density at radius 1 is 1.30 bits per heavy atom. The van der Waals surface area contributed by atoms with Gasteiger partial charge in [-0.1, -0.05) is 29.3 Å². The monoisotopic (exact) mass is 421 g/mol. The largest absolute Gasteiger partial charge is 0.385 e. The van der Waals surface area contributed by atoms with E-state index in [4.69, 9.17) is 42.1 Å². The summed E-state index contributed by atoms with van der Waals surface area (Å²) >= 11 is 11.8. The van der Waals surface area contributed by atoms with Gasteiger partial charge in [0.1, 0.15) is 6.10 Å². The number of halogens is 2. The van der Waals surface area contributed by atoms with Crippen molar-refractivity contribution in [3.8, 4) is 0 Å². The van der Waals surface area contributed by atoms with Gasteiger partial charge in [0.25, 0.3) is 0 Å². The second-order valence-electron chi connectivity index (χ2n) is 6.27. The van der Waals surface area contributed by atoms with Gasteiger partial charge >= 0.3 is 0 Å². The number of ether oxygens (including phenoxy) is 4. The maximum Gasteiger partial charge on any atom is 0.224 e. The summed E-state index contributed by atoms with van der Waals surface area (Å²) < 4.78 is 21.7. The highest BCUT2D eigenvalue weighted by atomic mass is 35.5. The Morgan fingerprint density at radius 2 is 2.00 bits per heavy atom. The van der Waals surface area contributed by atoms with Crippen molar-refractivity contribution in [2.45, 2.75) is 43.5 Å². The highest BCUT2D eigenvalue weighted by molar-refractivity contribution is 6.42. The number of nitrogens with one attached hydrogen (secondary N) is 1. The van der Waals surface area contributed by atoms with E-state index in [9.17, 15) is 9.90 Å². The molecule has 0 aromatic heterocycles. The Kier molecular flexibility index (Phi) is 8.30. The topological polar surface area (TPSA) is 86.3 Å². The number of carbonyl (C=O) groups excluding carboxylic acids is 1. The molecule has 1 aromatic rings. The molecule has 1 aliphatic heterocycles. The van der Waals surface area contributed by atoms with Crippen molar-refractivity contribution in [3.05, 3.63) is 33.8 Å². The lowest BCUT2D eigenvalue weighted by atomic mass is 9.95. The second-order valence-corrected chi connectivity index (χ2v) is 7.09. The van der Waals surface area contributed by atoms with Gasteiger partial charge in [0.15, 0.2) is 6.29 Å². The first-order valence-corrected chi connectivity index (χ1v) is 9.28. The minimum atomic E-state index is -1.21. The fourth-order valence-electron chi connectivity index (χ4n) is 3.06. The molecule has 0 radical (unpaired) electrons. The van der Waals surface area contributed by atoms with Crippen LogP contribution in [0, 0.1) is 0 Å². The maximum absolute atomic E-state index is 12.1. The first kappa shape index (κ1) is 22.4. The average molecular weight is 422 g/mol. The Morgan fingerprint density at radius 3 is 2.59 bits per heavy atom. The summed E-state index contributed by atoms with van der Waals surface area (Å²) in [6, 6.07) is 5.06. The van der Waals surface area contributed by atoms with Crippen molar-refractivity contribution in [2.75, 3.05) is 27.9 Å². The van der Waals surface area contributed by atoms with Crippen LogP contribution in [0.5, 0.6) is 0 Å². The summed E-state index contributed by atoms with van der Waals surface area (Å²) in [7, 11) is 4.43. The standard InChI is InChI=1S/C18H25Cl2NO6/c1-24-16-10-18(25-2,26-3)17(23)14(27-16)6-7-21-15(22)9-11-4-5-12(19)13(20)8-11/h4-5,8,14,16-17,23H,6-7,9-10H2,1-3H3,(H,21,22)/t14-,16-,17-/m1/s1. The van der Waals surface area contributed by atoms with Gasteiger partial charge < -0.3 is 29.4 Å². The summed E-state index contributed by atoms with van der Waals surface area (Å²) in [5.74, 6) is -1.39. The Bertz CT molecular complexity index is 640. The number of aliphatic hydroxyl groups is 1. The number of rotatable bonds is 8. The second kappa shape index (κ2) is 10.0. The van der Waals surface area contributed by atoms with E-state index in [1.165, 1.54) is 21.3 Å². The summed E-state index contributed by atoms with van der Waals surface area (Å²) in [6.45, 7) is 0.307. The van der Waals surface area contributed by atoms with Gasteiger partial charge in [-0.05, 0) is 24.1 Å². The van der Waals surface area contributed by atoms with Crippen molar-refractivity contribution >= 4 is 29.1 Å². The molecule has 1 heterocycles. The molecule has 2 rings (SSSR count). The zero-order chi connectivity index (χ0) is 20.0. The SMILES string of the molecule is CO[C@H]1CC(OC)(OC)[C@H](O)[C@@H](CCNC(=O)Cc2ccc(Cl)c(Cl)c2)O1. The summed E-state index contributed by atoms with van der Waals surface area (Å²) in [6.07, 6.45) is -1.45. The van der Waals surface area contributed by atoms with Crippen LogP contribution in [-0.2, 0) is 30.2 Å². The van der Waals surface area contributed by atoms with E-state index in [0.717, 1.165) is 5.56 Å². The number of amides is 1. The molecular weight excluding hydrogens is 397 g/mol. The predicted molar refractivity (Wildman–Crippen MR) is 101 cm³/mol. The van der Waals surface area contributed by atoms with Gasteiger partial charge in [-0.2, -0.15) is 0 Å². The molecule has 9 heteroatoms. The lowest BCUT2D eigenvalue weighted by Gasteiger charge is -2.45. The first-order valence-electron chi connectivity index (χ1n) is 8.52. The van der Waals surface area contributed by atoms with Crippen LogP contribution in [0.15, 0.2) is 18.2 Å². The van der Waals surface area contributed by atoms with Crippen LogP contribution in [0.3, 0.4) is 0 Å². The van der Waals surface area contributed by atoms with Gasteiger partial charge in [-0.25, -0.2) is 0 Å². The van der Waals surface area contributed by atoms with Crippen LogP contribution in [0.1, 0.15) is 18.4 Å². The first-order chi connectivity index (χ1) is 12.8. The van der Waals surface area contributed by atoms with Crippen molar-refractivity contribution in [2.24, 2.45) is 0 Å². The van der Waals surface area contributed by atoms with Crippen molar-refractivity contribution in [1.82, 2.24) is 5.32 Å². The normalized spacial score (nSPS) is 24.6.